The van der Waals surface area contributed by atoms with E-state index in [0.29, 0.717) is 11.4 Å². The van der Waals surface area contributed by atoms with Crippen LogP contribution in [0.5, 0.6) is 0 Å². The maximum atomic E-state index is 12.3. The van der Waals surface area contributed by atoms with Gasteiger partial charge in [0.05, 0.1) is 5.69 Å². The third kappa shape index (κ3) is 3.52. The maximum absolute atomic E-state index is 12.3. The van der Waals surface area contributed by atoms with Crippen LogP contribution in [0.25, 0.3) is 0 Å². The number of hydrogen-bond acceptors (Lipinski definition) is 4. The zero-order valence-corrected chi connectivity index (χ0v) is 13.2. The van der Waals surface area contributed by atoms with Crippen LogP contribution in [0, 0.1) is 6.92 Å². The van der Waals surface area contributed by atoms with Gasteiger partial charge in [0.25, 0.3) is 5.56 Å². The molecule has 0 radical (unpaired) electrons. The molecule has 0 saturated carbocycles. The van der Waals surface area contributed by atoms with E-state index in [1.807, 2.05) is 43.3 Å². The lowest BCUT2D eigenvalue weighted by atomic mass is 10.2. The number of amides is 1. The highest BCUT2D eigenvalue weighted by Crippen LogP contribution is 2.16. The normalized spacial score (nSPS) is 11.8. The molecule has 0 aliphatic carbocycles. The number of aryl methyl sites for hydroxylation is 1. The molecule has 0 aliphatic rings. The molecule has 1 heterocycles. The fourth-order valence-corrected chi connectivity index (χ4v) is 2.00. The van der Waals surface area contributed by atoms with E-state index in [0.717, 1.165) is 5.69 Å². The second-order valence-corrected chi connectivity index (χ2v) is 5.36. The molecule has 6 heteroatoms. The largest absolute Gasteiger partial charge is 0.378 e. The predicted octanol–water partition coefficient (Wildman–Crippen LogP) is 1.82. The zero-order valence-electron chi connectivity index (χ0n) is 13.2. The smallest absolute Gasteiger partial charge is 0.267 e. The molecule has 1 aromatic heterocycles. The minimum Gasteiger partial charge on any atom is -0.378 e. The van der Waals surface area contributed by atoms with Gasteiger partial charge in [0.2, 0.25) is 5.91 Å². The van der Waals surface area contributed by atoms with Crippen molar-refractivity contribution in [1.82, 2.24) is 9.78 Å². The van der Waals surface area contributed by atoms with Gasteiger partial charge in [0.15, 0.2) is 0 Å². The van der Waals surface area contributed by atoms with Crippen molar-refractivity contribution in [2.45, 2.75) is 19.9 Å². The molecule has 22 heavy (non-hydrogen) atoms. The number of carbonyl (C=O) groups excluding carboxylic acids is 1. The summed E-state index contributed by atoms with van der Waals surface area (Å²) in [6.45, 7) is 3.43. The molecule has 0 spiro atoms. The molecule has 0 aliphatic heterocycles. The summed E-state index contributed by atoms with van der Waals surface area (Å²) in [5.41, 5.74) is 2.12. The number of hydrogen-bond donors (Lipinski definition) is 1. The van der Waals surface area contributed by atoms with Crippen LogP contribution in [0.3, 0.4) is 0 Å². The van der Waals surface area contributed by atoms with Crippen molar-refractivity contribution in [2.24, 2.45) is 0 Å². The van der Waals surface area contributed by atoms with Crippen molar-refractivity contribution in [2.75, 3.05) is 24.3 Å². The Balaban J connectivity index is 2.14. The van der Waals surface area contributed by atoms with Crippen molar-refractivity contribution in [1.29, 1.82) is 0 Å². The maximum Gasteiger partial charge on any atom is 0.267 e. The first-order valence-corrected chi connectivity index (χ1v) is 7.03. The van der Waals surface area contributed by atoms with Crippen LogP contribution in [-0.4, -0.2) is 29.8 Å². The molecule has 6 nitrogen and oxygen atoms in total. The lowest BCUT2D eigenvalue weighted by Gasteiger charge is -2.16. The van der Waals surface area contributed by atoms with E-state index >= 15 is 0 Å². The van der Waals surface area contributed by atoms with E-state index in [2.05, 4.69) is 10.4 Å². The molecule has 1 aromatic carbocycles. The summed E-state index contributed by atoms with van der Waals surface area (Å²) in [5.74, 6) is -0.280. The molecule has 1 amide bonds. The zero-order chi connectivity index (χ0) is 16.3. The third-order valence-corrected chi connectivity index (χ3v) is 3.36. The minimum atomic E-state index is -0.680. The van der Waals surface area contributed by atoms with Gasteiger partial charge in [-0.2, -0.15) is 5.10 Å². The molecule has 1 N–H and O–H groups in total. The van der Waals surface area contributed by atoms with E-state index in [9.17, 15) is 9.59 Å². The number of benzene rings is 1. The Bertz CT molecular complexity index is 720. The first-order valence-electron chi connectivity index (χ1n) is 7.03. The van der Waals surface area contributed by atoms with Gasteiger partial charge in [-0.1, -0.05) is 0 Å². The highest BCUT2D eigenvalue weighted by Gasteiger charge is 2.17. The van der Waals surface area contributed by atoms with Crippen LogP contribution in [0.4, 0.5) is 11.4 Å². The van der Waals surface area contributed by atoms with E-state index < -0.39 is 6.04 Å². The standard InChI is InChI=1S/C16H20N4O2/c1-11-5-10-15(21)20(18-11)12(2)16(22)17-13-6-8-14(9-7-13)19(3)4/h5-10,12H,1-4H3,(H,17,22). The van der Waals surface area contributed by atoms with Gasteiger partial charge >= 0.3 is 0 Å². The molecule has 2 rings (SSSR count). The van der Waals surface area contributed by atoms with Crippen LogP contribution in [0.15, 0.2) is 41.2 Å². The monoisotopic (exact) mass is 300 g/mol. The van der Waals surface area contributed by atoms with Gasteiger partial charge in [-0.25, -0.2) is 4.68 Å². The number of anilines is 2. The second-order valence-electron chi connectivity index (χ2n) is 5.36. The van der Waals surface area contributed by atoms with Crippen molar-refractivity contribution >= 4 is 17.3 Å². The summed E-state index contributed by atoms with van der Waals surface area (Å²) in [6.07, 6.45) is 0. The number of nitrogens with zero attached hydrogens (tertiary/aromatic N) is 3. The van der Waals surface area contributed by atoms with Gasteiger partial charge in [0, 0.05) is 31.5 Å². The number of rotatable bonds is 4. The summed E-state index contributed by atoms with van der Waals surface area (Å²) in [7, 11) is 3.90. The molecule has 0 fully saturated rings. The van der Waals surface area contributed by atoms with Crippen molar-refractivity contribution in [3.8, 4) is 0 Å². The number of carbonyl (C=O) groups is 1. The molecule has 2 aromatic rings. The van der Waals surface area contributed by atoms with Crippen molar-refractivity contribution < 1.29 is 4.79 Å². The van der Waals surface area contributed by atoms with Gasteiger partial charge in [-0.05, 0) is 44.2 Å². The van der Waals surface area contributed by atoms with Crippen LogP contribution in [0.2, 0.25) is 0 Å². The summed E-state index contributed by atoms with van der Waals surface area (Å²) in [4.78, 5) is 26.1. The quantitative estimate of drug-likeness (QED) is 0.935. The second kappa shape index (κ2) is 6.43. The first kappa shape index (κ1) is 15.8. The van der Waals surface area contributed by atoms with Gasteiger partial charge in [-0.15, -0.1) is 0 Å². The Morgan fingerprint density at radius 3 is 2.41 bits per heavy atom. The van der Waals surface area contributed by atoms with Crippen molar-refractivity contribution in [3.63, 3.8) is 0 Å². The molecular formula is C16H20N4O2. The fourth-order valence-electron chi connectivity index (χ4n) is 2.00. The number of aromatic nitrogens is 2. The van der Waals surface area contributed by atoms with E-state index in [1.165, 1.54) is 10.7 Å². The topological polar surface area (TPSA) is 67.2 Å². The Labute approximate surface area is 129 Å². The van der Waals surface area contributed by atoms with E-state index in [4.69, 9.17) is 0 Å². The van der Waals surface area contributed by atoms with Crippen LogP contribution >= 0.6 is 0 Å². The summed E-state index contributed by atoms with van der Waals surface area (Å²) in [5, 5.41) is 6.91. The number of nitrogens with one attached hydrogen (secondary N) is 1. The van der Waals surface area contributed by atoms with Crippen LogP contribution in [-0.2, 0) is 4.79 Å². The lowest BCUT2D eigenvalue weighted by molar-refractivity contribution is -0.119. The van der Waals surface area contributed by atoms with E-state index in [-0.39, 0.29) is 11.5 Å². The van der Waals surface area contributed by atoms with E-state index in [1.54, 1.807) is 19.9 Å². The predicted molar refractivity (Wildman–Crippen MR) is 87.3 cm³/mol. The molecule has 1 unspecified atom stereocenters. The Hall–Kier alpha value is -2.63. The Morgan fingerprint density at radius 1 is 1.18 bits per heavy atom. The van der Waals surface area contributed by atoms with Gasteiger partial charge < -0.3 is 10.2 Å². The average molecular weight is 300 g/mol. The highest BCUT2D eigenvalue weighted by atomic mass is 16.2. The average Bonchev–Trinajstić information content (AvgIpc) is 2.49. The molecule has 116 valence electrons. The summed E-state index contributed by atoms with van der Waals surface area (Å²) < 4.78 is 1.19. The molecular weight excluding hydrogens is 280 g/mol. The molecule has 0 saturated heterocycles. The Kier molecular flexibility index (Phi) is 4.60. The highest BCUT2D eigenvalue weighted by molar-refractivity contribution is 5.93. The van der Waals surface area contributed by atoms with Crippen LogP contribution in [0.1, 0.15) is 18.7 Å². The van der Waals surface area contributed by atoms with Crippen molar-refractivity contribution in [3.05, 3.63) is 52.4 Å². The summed E-state index contributed by atoms with van der Waals surface area (Å²) in [6, 6.07) is 9.84. The molecule has 0 bridgehead atoms. The fraction of sp³-hybridized carbons (Fsp3) is 0.312. The third-order valence-electron chi connectivity index (χ3n) is 3.36. The first-order chi connectivity index (χ1) is 10.4. The summed E-state index contributed by atoms with van der Waals surface area (Å²) >= 11 is 0. The minimum absolute atomic E-state index is 0.280. The Morgan fingerprint density at radius 2 is 1.82 bits per heavy atom. The molecule has 1 atom stereocenters. The van der Waals surface area contributed by atoms with Gasteiger partial charge in [-0.3, -0.25) is 9.59 Å². The van der Waals surface area contributed by atoms with Gasteiger partial charge in [0.1, 0.15) is 6.04 Å². The SMILES string of the molecule is Cc1ccc(=O)n(C(C)C(=O)Nc2ccc(N(C)C)cc2)n1. The lowest BCUT2D eigenvalue weighted by Crippen LogP contribution is -2.33. The van der Waals surface area contributed by atoms with Crippen LogP contribution < -0.4 is 15.8 Å².